The van der Waals surface area contributed by atoms with Gasteiger partial charge in [0.05, 0.1) is 12.8 Å². The number of aryl methyl sites for hydroxylation is 1. The second-order valence-electron chi connectivity index (χ2n) is 5.19. The Kier molecular flexibility index (Phi) is 5.52. The largest absolute Gasteiger partial charge is 0.497 e. The molecule has 2 rings (SSSR count). The molecule has 0 bridgehead atoms. The number of thioether (sulfide) groups is 1. The number of rotatable bonds is 5. The van der Waals surface area contributed by atoms with Crippen LogP contribution in [0.4, 0.5) is 0 Å². The minimum Gasteiger partial charge on any atom is -0.497 e. The minimum absolute atomic E-state index is 0.622. The maximum absolute atomic E-state index is 5.30. The van der Waals surface area contributed by atoms with Crippen LogP contribution in [-0.4, -0.2) is 29.6 Å². The molecule has 3 nitrogen and oxygen atoms in total. The highest BCUT2D eigenvalue weighted by Crippen LogP contribution is 2.27. The van der Waals surface area contributed by atoms with Crippen LogP contribution in [0.5, 0.6) is 5.75 Å². The van der Waals surface area contributed by atoms with Gasteiger partial charge in [-0.05, 0) is 26.0 Å². The van der Waals surface area contributed by atoms with Gasteiger partial charge in [-0.25, -0.2) is 0 Å². The third-order valence-corrected chi connectivity index (χ3v) is 4.94. The van der Waals surface area contributed by atoms with Crippen LogP contribution in [0.15, 0.2) is 12.1 Å². The molecule has 1 heterocycles. The molecule has 0 aliphatic heterocycles. The standard InChI is InChI=1S/C15H24N2OS/c1-11-8-13(18-2)9-12(17-11)10-16-14-6-4-5-7-15(14)19-3/h8-9,14-16H,4-7,10H2,1-3H3. The monoisotopic (exact) mass is 280 g/mol. The summed E-state index contributed by atoms with van der Waals surface area (Å²) in [4.78, 5) is 4.57. The summed E-state index contributed by atoms with van der Waals surface area (Å²) in [6.45, 7) is 2.84. The van der Waals surface area contributed by atoms with Crippen LogP contribution in [0.1, 0.15) is 37.1 Å². The Morgan fingerprint density at radius 3 is 2.89 bits per heavy atom. The van der Waals surface area contributed by atoms with Crippen molar-refractivity contribution in [3.05, 3.63) is 23.5 Å². The molecule has 0 amide bonds. The minimum atomic E-state index is 0.622. The van der Waals surface area contributed by atoms with E-state index in [9.17, 15) is 0 Å². The van der Waals surface area contributed by atoms with E-state index in [0.29, 0.717) is 6.04 Å². The van der Waals surface area contributed by atoms with E-state index in [-0.39, 0.29) is 0 Å². The lowest BCUT2D eigenvalue weighted by atomic mass is 9.95. The third kappa shape index (κ3) is 4.11. The summed E-state index contributed by atoms with van der Waals surface area (Å²) in [6, 6.07) is 4.61. The Morgan fingerprint density at radius 2 is 2.16 bits per heavy atom. The summed E-state index contributed by atoms with van der Waals surface area (Å²) in [5.41, 5.74) is 2.09. The summed E-state index contributed by atoms with van der Waals surface area (Å²) >= 11 is 1.99. The zero-order valence-electron chi connectivity index (χ0n) is 12.1. The first kappa shape index (κ1) is 14.7. The van der Waals surface area contributed by atoms with Gasteiger partial charge in [-0.1, -0.05) is 12.8 Å². The van der Waals surface area contributed by atoms with Crippen LogP contribution in [-0.2, 0) is 6.54 Å². The van der Waals surface area contributed by atoms with Crippen LogP contribution < -0.4 is 10.1 Å². The van der Waals surface area contributed by atoms with Crippen molar-refractivity contribution < 1.29 is 4.74 Å². The number of hydrogen-bond donors (Lipinski definition) is 1. The topological polar surface area (TPSA) is 34.1 Å². The van der Waals surface area contributed by atoms with Gasteiger partial charge in [-0.2, -0.15) is 11.8 Å². The highest BCUT2D eigenvalue weighted by atomic mass is 32.2. The average Bonchev–Trinajstić information content (AvgIpc) is 2.44. The van der Waals surface area contributed by atoms with Crippen molar-refractivity contribution in [2.75, 3.05) is 13.4 Å². The molecule has 0 radical (unpaired) electrons. The van der Waals surface area contributed by atoms with Crippen molar-refractivity contribution in [3.8, 4) is 5.75 Å². The number of hydrogen-bond acceptors (Lipinski definition) is 4. The van der Waals surface area contributed by atoms with E-state index in [0.717, 1.165) is 28.9 Å². The lowest BCUT2D eigenvalue weighted by Gasteiger charge is -2.31. The van der Waals surface area contributed by atoms with Gasteiger partial charge in [-0.3, -0.25) is 4.98 Å². The first-order valence-corrected chi connectivity index (χ1v) is 8.29. The molecule has 0 saturated heterocycles. The molecule has 0 spiro atoms. The van der Waals surface area contributed by atoms with Gasteiger partial charge in [0.1, 0.15) is 5.75 Å². The van der Waals surface area contributed by atoms with E-state index < -0.39 is 0 Å². The highest BCUT2D eigenvalue weighted by Gasteiger charge is 2.23. The van der Waals surface area contributed by atoms with Gasteiger partial charge in [0.15, 0.2) is 0 Å². The molecule has 2 unspecified atom stereocenters. The summed E-state index contributed by atoms with van der Waals surface area (Å²) in [7, 11) is 1.71. The smallest absolute Gasteiger partial charge is 0.122 e. The fourth-order valence-electron chi connectivity index (χ4n) is 2.76. The second kappa shape index (κ2) is 7.15. The first-order chi connectivity index (χ1) is 9.22. The van der Waals surface area contributed by atoms with Gasteiger partial charge in [-0.15, -0.1) is 0 Å². The van der Waals surface area contributed by atoms with Gasteiger partial charge in [0.25, 0.3) is 0 Å². The summed E-state index contributed by atoms with van der Waals surface area (Å²) in [5, 5.41) is 4.43. The quantitative estimate of drug-likeness (QED) is 0.898. The molecule has 1 aliphatic carbocycles. The molecular weight excluding hydrogens is 256 g/mol. The molecule has 19 heavy (non-hydrogen) atoms. The average molecular weight is 280 g/mol. The SMILES string of the molecule is COc1cc(C)nc(CNC2CCCCC2SC)c1. The number of aromatic nitrogens is 1. The molecule has 4 heteroatoms. The molecule has 0 aromatic carbocycles. The first-order valence-electron chi connectivity index (χ1n) is 7.00. The van der Waals surface area contributed by atoms with Crippen LogP contribution in [0.25, 0.3) is 0 Å². The summed E-state index contributed by atoms with van der Waals surface area (Å²) in [6.07, 6.45) is 7.57. The Hall–Kier alpha value is -0.740. The van der Waals surface area contributed by atoms with Crippen molar-refractivity contribution in [3.63, 3.8) is 0 Å². The molecule has 1 fully saturated rings. The van der Waals surface area contributed by atoms with Crippen LogP contribution in [0, 0.1) is 6.92 Å². The van der Waals surface area contributed by atoms with Crippen molar-refractivity contribution in [1.29, 1.82) is 0 Å². The van der Waals surface area contributed by atoms with E-state index in [4.69, 9.17) is 4.74 Å². The van der Waals surface area contributed by atoms with Crippen molar-refractivity contribution in [2.24, 2.45) is 0 Å². The molecule has 1 aliphatic rings. The maximum atomic E-state index is 5.30. The molecule has 1 N–H and O–H groups in total. The van der Waals surface area contributed by atoms with Crippen LogP contribution in [0.2, 0.25) is 0 Å². The van der Waals surface area contributed by atoms with E-state index in [2.05, 4.69) is 16.6 Å². The number of ether oxygens (including phenoxy) is 1. The van der Waals surface area contributed by atoms with E-state index in [1.165, 1.54) is 25.7 Å². The molecular formula is C15H24N2OS. The Labute approximate surface area is 120 Å². The van der Waals surface area contributed by atoms with Gasteiger partial charge in [0, 0.05) is 35.7 Å². The predicted molar refractivity (Wildman–Crippen MR) is 81.9 cm³/mol. The predicted octanol–water partition coefficient (Wildman–Crippen LogP) is 3.16. The summed E-state index contributed by atoms with van der Waals surface area (Å²) < 4.78 is 5.30. The maximum Gasteiger partial charge on any atom is 0.122 e. The Morgan fingerprint density at radius 1 is 1.37 bits per heavy atom. The number of methoxy groups -OCH3 is 1. The van der Waals surface area contributed by atoms with Gasteiger partial charge in [0.2, 0.25) is 0 Å². The van der Waals surface area contributed by atoms with Crippen molar-refractivity contribution in [1.82, 2.24) is 10.3 Å². The summed E-state index contributed by atoms with van der Waals surface area (Å²) in [5.74, 6) is 0.898. The number of pyridine rings is 1. The molecule has 1 aromatic rings. The fourth-order valence-corrected chi connectivity index (χ4v) is 3.72. The van der Waals surface area contributed by atoms with Gasteiger partial charge >= 0.3 is 0 Å². The van der Waals surface area contributed by atoms with E-state index in [1.807, 2.05) is 30.8 Å². The Bertz CT molecular complexity index is 411. The zero-order chi connectivity index (χ0) is 13.7. The van der Waals surface area contributed by atoms with Crippen LogP contribution in [0.3, 0.4) is 0 Å². The fraction of sp³-hybridized carbons (Fsp3) is 0.667. The van der Waals surface area contributed by atoms with Crippen molar-refractivity contribution >= 4 is 11.8 Å². The van der Waals surface area contributed by atoms with E-state index >= 15 is 0 Å². The van der Waals surface area contributed by atoms with Crippen LogP contribution >= 0.6 is 11.8 Å². The van der Waals surface area contributed by atoms with E-state index in [1.54, 1.807) is 7.11 Å². The molecule has 1 aromatic heterocycles. The molecule has 106 valence electrons. The zero-order valence-corrected chi connectivity index (χ0v) is 12.9. The molecule has 2 atom stereocenters. The highest BCUT2D eigenvalue weighted by molar-refractivity contribution is 7.99. The number of nitrogens with one attached hydrogen (secondary N) is 1. The Balaban J connectivity index is 1.95. The number of nitrogens with zero attached hydrogens (tertiary/aromatic N) is 1. The lowest BCUT2D eigenvalue weighted by Crippen LogP contribution is -2.40. The van der Waals surface area contributed by atoms with Crippen molar-refractivity contribution in [2.45, 2.75) is 50.4 Å². The normalized spacial score (nSPS) is 23.3. The van der Waals surface area contributed by atoms with Gasteiger partial charge < -0.3 is 10.1 Å². The molecule has 1 saturated carbocycles. The second-order valence-corrected chi connectivity index (χ2v) is 6.26. The third-order valence-electron chi connectivity index (χ3n) is 3.77. The lowest BCUT2D eigenvalue weighted by molar-refractivity contribution is 0.380.